The fraction of sp³-hybridized carbons (Fsp3) is 0.357. The maximum Gasteiger partial charge on any atom is 0.294 e. The fourth-order valence-electron chi connectivity index (χ4n) is 2.20. The lowest BCUT2D eigenvalue weighted by molar-refractivity contribution is 0.792. The van der Waals surface area contributed by atoms with Gasteiger partial charge in [0, 0.05) is 0 Å². The van der Waals surface area contributed by atoms with Gasteiger partial charge in [-0.3, -0.25) is 9.89 Å². The molecular weight excluding hydrogens is 226 g/mol. The number of H-pyrrole nitrogens is 1. The third kappa shape index (κ3) is 2.18. The Morgan fingerprint density at radius 1 is 1.22 bits per heavy atom. The number of hydrogen-bond donors (Lipinski definition) is 2. The zero-order valence-electron chi connectivity index (χ0n) is 11.1. The van der Waals surface area contributed by atoms with Crippen molar-refractivity contribution in [3.05, 3.63) is 45.4 Å². The monoisotopic (exact) mass is 245 g/mol. The molecule has 0 atom stereocenters. The van der Waals surface area contributed by atoms with E-state index in [2.05, 4.69) is 18.1 Å². The number of nitrogens with zero attached hydrogens (tertiary/aromatic N) is 1. The SMILES string of the molecule is CCCc1[nH]n(-c2cc(C)cc(C)c2)c(=O)c1N. The summed E-state index contributed by atoms with van der Waals surface area (Å²) in [6.07, 6.45) is 1.75. The van der Waals surface area contributed by atoms with Crippen molar-refractivity contribution in [1.82, 2.24) is 9.78 Å². The Morgan fingerprint density at radius 3 is 2.39 bits per heavy atom. The van der Waals surface area contributed by atoms with Crippen LogP contribution < -0.4 is 11.3 Å². The molecule has 0 saturated carbocycles. The molecule has 0 radical (unpaired) electrons. The number of rotatable bonds is 3. The molecule has 1 aromatic carbocycles. The smallest absolute Gasteiger partial charge is 0.294 e. The number of anilines is 1. The highest BCUT2D eigenvalue weighted by molar-refractivity contribution is 5.46. The van der Waals surface area contributed by atoms with Gasteiger partial charge in [-0.15, -0.1) is 0 Å². The summed E-state index contributed by atoms with van der Waals surface area (Å²) in [5, 5.41) is 3.10. The number of aromatic amines is 1. The molecular formula is C14H19N3O. The molecule has 4 heteroatoms. The minimum Gasteiger partial charge on any atom is -0.393 e. The topological polar surface area (TPSA) is 63.8 Å². The fourth-order valence-corrected chi connectivity index (χ4v) is 2.20. The van der Waals surface area contributed by atoms with Crippen LogP contribution in [0.15, 0.2) is 23.0 Å². The van der Waals surface area contributed by atoms with E-state index in [0.717, 1.165) is 35.3 Å². The largest absolute Gasteiger partial charge is 0.393 e. The van der Waals surface area contributed by atoms with Crippen molar-refractivity contribution in [2.45, 2.75) is 33.6 Å². The first-order valence-electron chi connectivity index (χ1n) is 6.21. The van der Waals surface area contributed by atoms with Crippen LogP contribution in [0.1, 0.15) is 30.2 Å². The Kier molecular flexibility index (Phi) is 3.28. The highest BCUT2D eigenvalue weighted by Gasteiger charge is 2.11. The Labute approximate surface area is 106 Å². The van der Waals surface area contributed by atoms with Crippen LogP contribution in [0.3, 0.4) is 0 Å². The number of aryl methyl sites for hydroxylation is 3. The maximum absolute atomic E-state index is 12.1. The van der Waals surface area contributed by atoms with Crippen LogP contribution in [-0.4, -0.2) is 9.78 Å². The van der Waals surface area contributed by atoms with Gasteiger partial charge in [0.2, 0.25) is 0 Å². The molecule has 0 fully saturated rings. The highest BCUT2D eigenvalue weighted by Crippen LogP contribution is 2.14. The predicted octanol–water partition coefficient (Wildman–Crippen LogP) is 2.32. The van der Waals surface area contributed by atoms with Crippen molar-refractivity contribution in [2.24, 2.45) is 0 Å². The lowest BCUT2D eigenvalue weighted by atomic mass is 10.1. The summed E-state index contributed by atoms with van der Waals surface area (Å²) in [5.41, 5.74) is 9.92. The summed E-state index contributed by atoms with van der Waals surface area (Å²) in [7, 11) is 0. The van der Waals surface area contributed by atoms with Crippen LogP contribution >= 0.6 is 0 Å². The molecule has 0 unspecified atom stereocenters. The number of aromatic nitrogens is 2. The van der Waals surface area contributed by atoms with Gasteiger partial charge < -0.3 is 5.73 Å². The van der Waals surface area contributed by atoms with E-state index in [1.54, 1.807) is 0 Å². The minimum absolute atomic E-state index is 0.163. The first-order valence-corrected chi connectivity index (χ1v) is 6.21. The molecule has 4 nitrogen and oxygen atoms in total. The molecule has 1 aromatic heterocycles. The highest BCUT2D eigenvalue weighted by atomic mass is 16.1. The Morgan fingerprint density at radius 2 is 1.83 bits per heavy atom. The van der Waals surface area contributed by atoms with E-state index in [0.29, 0.717) is 5.69 Å². The summed E-state index contributed by atoms with van der Waals surface area (Å²) in [4.78, 5) is 12.1. The summed E-state index contributed by atoms with van der Waals surface area (Å²) in [6, 6.07) is 6.02. The first-order chi connectivity index (χ1) is 8.52. The van der Waals surface area contributed by atoms with Gasteiger partial charge in [-0.05, 0) is 43.5 Å². The summed E-state index contributed by atoms with van der Waals surface area (Å²) >= 11 is 0. The minimum atomic E-state index is -0.163. The van der Waals surface area contributed by atoms with Gasteiger partial charge in [-0.2, -0.15) is 0 Å². The van der Waals surface area contributed by atoms with E-state index >= 15 is 0 Å². The van der Waals surface area contributed by atoms with Gasteiger partial charge in [0.15, 0.2) is 0 Å². The van der Waals surface area contributed by atoms with Gasteiger partial charge in [0.1, 0.15) is 5.69 Å². The van der Waals surface area contributed by atoms with Gasteiger partial charge in [-0.25, -0.2) is 4.68 Å². The lowest BCUT2D eigenvalue weighted by Crippen LogP contribution is -2.16. The first kappa shape index (κ1) is 12.5. The second-order valence-corrected chi connectivity index (χ2v) is 4.74. The van der Waals surface area contributed by atoms with E-state index in [4.69, 9.17) is 5.73 Å². The van der Waals surface area contributed by atoms with Crippen LogP contribution in [0.4, 0.5) is 5.69 Å². The van der Waals surface area contributed by atoms with Gasteiger partial charge in [0.25, 0.3) is 5.56 Å². The van der Waals surface area contributed by atoms with Crippen molar-refractivity contribution in [2.75, 3.05) is 5.73 Å². The van der Waals surface area contributed by atoms with Crippen molar-refractivity contribution < 1.29 is 0 Å². The standard InChI is InChI=1S/C14H19N3O/c1-4-5-12-13(15)14(18)17(16-12)11-7-9(2)6-10(3)8-11/h6-8,16H,4-5,15H2,1-3H3. The van der Waals surface area contributed by atoms with Crippen LogP contribution in [0.2, 0.25) is 0 Å². The molecule has 2 aromatic rings. The Hall–Kier alpha value is -1.97. The second kappa shape index (κ2) is 4.72. The molecule has 96 valence electrons. The van der Waals surface area contributed by atoms with Crippen LogP contribution in [0, 0.1) is 13.8 Å². The molecule has 18 heavy (non-hydrogen) atoms. The summed E-state index contributed by atoms with van der Waals surface area (Å²) in [6.45, 7) is 6.09. The quantitative estimate of drug-likeness (QED) is 0.871. The second-order valence-electron chi connectivity index (χ2n) is 4.74. The van der Waals surface area contributed by atoms with Crippen LogP contribution in [0.25, 0.3) is 5.69 Å². The molecule has 1 heterocycles. The van der Waals surface area contributed by atoms with Gasteiger partial charge in [0.05, 0.1) is 11.4 Å². The average Bonchev–Trinajstić information content (AvgIpc) is 2.57. The predicted molar refractivity (Wildman–Crippen MR) is 74.3 cm³/mol. The van der Waals surface area contributed by atoms with Crippen molar-refractivity contribution in [3.63, 3.8) is 0 Å². The van der Waals surface area contributed by atoms with E-state index in [1.807, 2.05) is 26.0 Å². The number of nitrogen functional groups attached to an aromatic ring is 1. The van der Waals surface area contributed by atoms with E-state index in [1.165, 1.54) is 4.68 Å². The molecule has 0 aliphatic heterocycles. The van der Waals surface area contributed by atoms with Crippen LogP contribution in [-0.2, 0) is 6.42 Å². The van der Waals surface area contributed by atoms with E-state index in [9.17, 15) is 4.79 Å². The van der Waals surface area contributed by atoms with Gasteiger partial charge >= 0.3 is 0 Å². The van der Waals surface area contributed by atoms with Crippen molar-refractivity contribution >= 4 is 5.69 Å². The third-order valence-electron chi connectivity index (χ3n) is 2.97. The average molecular weight is 245 g/mol. The molecule has 0 amide bonds. The van der Waals surface area contributed by atoms with E-state index < -0.39 is 0 Å². The molecule has 0 bridgehead atoms. The van der Waals surface area contributed by atoms with Gasteiger partial charge in [-0.1, -0.05) is 19.4 Å². The third-order valence-corrected chi connectivity index (χ3v) is 2.97. The molecule has 2 rings (SSSR count). The zero-order chi connectivity index (χ0) is 13.3. The molecule has 3 N–H and O–H groups in total. The zero-order valence-corrected chi connectivity index (χ0v) is 11.1. The van der Waals surface area contributed by atoms with Crippen molar-refractivity contribution in [1.29, 1.82) is 0 Å². The lowest BCUT2D eigenvalue weighted by Gasteiger charge is -2.05. The van der Waals surface area contributed by atoms with E-state index in [-0.39, 0.29) is 5.56 Å². The number of hydrogen-bond acceptors (Lipinski definition) is 2. The number of nitrogens with one attached hydrogen (secondary N) is 1. The molecule has 0 saturated heterocycles. The molecule has 0 aliphatic carbocycles. The summed E-state index contributed by atoms with van der Waals surface area (Å²) < 4.78 is 1.53. The normalized spacial score (nSPS) is 10.8. The molecule has 0 aliphatic rings. The molecule has 0 spiro atoms. The van der Waals surface area contributed by atoms with Crippen LogP contribution in [0.5, 0.6) is 0 Å². The number of nitrogens with two attached hydrogens (primary N) is 1. The maximum atomic E-state index is 12.1. The Balaban J connectivity index is 2.57. The number of benzene rings is 1. The summed E-state index contributed by atoms with van der Waals surface area (Å²) in [5.74, 6) is 0. The van der Waals surface area contributed by atoms with Crippen molar-refractivity contribution in [3.8, 4) is 5.69 Å². The Bertz CT molecular complexity index is 602.